The summed E-state index contributed by atoms with van der Waals surface area (Å²) in [7, 11) is 0. The highest BCUT2D eigenvalue weighted by Gasteiger charge is 2.18. The topological polar surface area (TPSA) is 24.9 Å². The third-order valence-corrected chi connectivity index (χ3v) is 6.01. The van der Waals surface area contributed by atoms with Crippen molar-refractivity contribution in [3.05, 3.63) is 16.6 Å². The number of hydrogen-bond acceptors (Lipinski definition) is 5. The molecule has 0 bridgehead atoms. The predicted molar refractivity (Wildman–Crippen MR) is 76.7 cm³/mol. The highest BCUT2D eigenvalue weighted by atomic mass is 32.2. The van der Waals surface area contributed by atoms with Crippen molar-refractivity contribution in [3.8, 4) is 0 Å². The van der Waals surface area contributed by atoms with E-state index in [0.717, 1.165) is 6.42 Å². The highest BCUT2D eigenvalue weighted by molar-refractivity contribution is 8.03. The first-order valence-corrected chi connectivity index (χ1v) is 8.90. The van der Waals surface area contributed by atoms with Gasteiger partial charge < -0.3 is 5.32 Å². The van der Waals surface area contributed by atoms with Gasteiger partial charge >= 0.3 is 0 Å². The van der Waals surface area contributed by atoms with Crippen molar-refractivity contribution in [2.24, 2.45) is 0 Å². The molecule has 90 valence electrons. The van der Waals surface area contributed by atoms with Crippen molar-refractivity contribution in [3.63, 3.8) is 0 Å². The molecule has 16 heavy (non-hydrogen) atoms. The molecule has 2 nitrogen and oxygen atoms in total. The lowest BCUT2D eigenvalue weighted by atomic mass is 10.2. The van der Waals surface area contributed by atoms with Gasteiger partial charge in [0.25, 0.3) is 0 Å². The molecule has 2 rings (SSSR count). The quantitative estimate of drug-likeness (QED) is 0.912. The van der Waals surface area contributed by atoms with Crippen LogP contribution in [-0.2, 0) is 0 Å². The lowest BCUT2D eigenvalue weighted by Gasteiger charge is -2.21. The molecular weight excluding hydrogens is 256 g/mol. The molecule has 0 spiro atoms. The van der Waals surface area contributed by atoms with Gasteiger partial charge in [-0.3, -0.25) is 0 Å². The van der Waals surface area contributed by atoms with Gasteiger partial charge in [-0.2, -0.15) is 23.5 Å². The Hall–Kier alpha value is 0.290. The van der Waals surface area contributed by atoms with Gasteiger partial charge in [0.2, 0.25) is 0 Å². The van der Waals surface area contributed by atoms with E-state index in [0.29, 0.717) is 12.1 Å². The molecular formula is C11H18N2S3. The molecule has 1 aliphatic heterocycles. The van der Waals surface area contributed by atoms with E-state index >= 15 is 0 Å². The molecule has 1 aromatic heterocycles. The lowest BCUT2D eigenvalue weighted by Crippen LogP contribution is -2.36. The second kappa shape index (κ2) is 6.89. The molecule has 2 heterocycles. The number of hydrogen-bond donors (Lipinski definition) is 1. The van der Waals surface area contributed by atoms with Gasteiger partial charge in [0.1, 0.15) is 5.01 Å². The number of nitrogens with one attached hydrogen (secondary N) is 1. The second-order valence-electron chi connectivity index (χ2n) is 3.84. The summed E-state index contributed by atoms with van der Waals surface area (Å²) in [5, 5.41) is 7.06. The molecule has 0 aromatic carbocycles. The van der Waals surface area contributed by atoms with Gasteiger partial charge in [-0.15, -0.1) is 11.3 Å². The average Bonchev–Trinajstić information content (AvgIpc) is 2.71. The van der Waals surface area contributed by atoms with Crippen molar-refractivity contribution >= 4 is 34.9 Å². The van der Waals surface area contributed by atoms with Crippen LogP contribution in [0.4, 0.5) is 0 Å². The lowest BCUT2D eigenvalue weighted by molar-refractivity contribution is 0.473. The molecule has 1 saturated heterocycles. The van der Waals surface area contributed by atoms with Crippen LogP contribution in [0.2, 0.25) is 0 Å². The van der Waals surface area contributed by atoms with E-state index in [9.17, 15) is 0 Å². The SMILES string of the molecule is CC[C@@H](NC1CSCCSC1)c1nccs1. The molecule has 0 unspecified atom stereocenters. The third-order valence-electron chi connectivity index (χ3n) is 2.60. The maximum absolute atomic E-state index is 4.42. The van der Waals surface area contributed by atoms with Crippen LogP contribution in [0.3, 0.4) is 0 Å². The van der Waals surface area contributed by atoms with Gasteiger partial charge in [-0.1, -0.05) is 6.92 Å². The third kappa shape index (κ3) is 3.65. The summed E-state index contributed by atoms with van der Waals surface area (Å²) in [5.41, 5.74) is 0. The van der Waals surface area contributed by atoms with E-state index < -0.39 is 0 Å². The molecule has 1 atom stereocenters. The molecule has 1 N–H and O–H groups in total. The Labute approximate surface area is 110 Å². The van der Waals surface area contributed by atoms with E-state index in [4.69, 9.17) is 0 Å². The first kappa shape index (κ1) is 12.7. The Kier molecular flexibility index (Phi) is 5.48. The molecule has 0 radical (unpaired) electrons. The first-order chi connectivity index (χ1) is 7.90. The fourth-order valence-corrected chi connectivity index (χ4v) is 4.97. The van der Waals surface area contributed by atoms with E-state index in [1.807, 2.05) is 6.20 Å². The average molecular weight is 274 g/mol. The van der Waals surface area contributed by atoms with Crippen LogP contribution in [0.5, 0.6) is 0 Å². The van der Waals surface area contributed by atoms with Crippen molar-refractivity contribution in [2.75, 3.05) is 23.0 Å². The Morgan fingerprint density at radius 3 is 2.75 bits per heavy atom. The van der Waals surface area contributed by atoms with E-state index in [-0.39, 0.29) is 0 Å². The van der Waals surface area contributed by atoms with Crippen LogP contribution >= 0.6 is 34.9 Å². The summed E-state index contributed by atoms with van der Waals surface area (Å²) < 4.78 is 0. The summed E-state index contributed by atoms with van der Waals surface area (Å²) in [5.74, 6) is 5.09. The molecule has 0 aliphatic carbocycles. The van der Waals surface area contributed by atoms with Crippen molar-refractivity contribution in [2.45, 2.75) is 25.4 Å². The van der Waals surface area contributed by atoms with Gasteiger partial charge in [0.05, 0.1) is 6.04 Å². The number of thioether (sulfide) groups is 2. The van der Waals surface area contributed by atoms with Crippen LogP contribution in [0.1, 0.15) is 24.4 Å². The zero-order valence-corrected chi connectivity index (χ0v) is 12.0. The fraction of sp³-hybridized carbons (Fsp3) is 0.727. The van der Waals surface area contributed by atoms with Crippen LogP contribution in [-0.4, -0.2) is 34.0 Å². The zero-order chi connectivity index (χ0) is 11.2. The molecule has 0 saturated carbocycles. The highest BCUT2D eigenvalue weighted by Crippen LogP contribution is 2.23. The standard InChI is InChI=1S/C11H18N2S3/c1-2-10(11-12-3-4-16-11)13-9-7-14-5-6-15-8-9/h3-4,9-10,13H,2,5-8H2,1H3/t10-/m1/s1. The number of thiazole rings is 1. The second-order valence-corrected chi connectivity index (χ2v) is 7.07. The summed E-state index contributed by atoms with van der Waals surface area (Å²) in [6.45, 7) is 2.23. The molecule has 1 aliphatic rings. The smallest absolute Gasteiger partial charge is 0.109 e. The maximum Gasteiger partial charge on any atom is 0.109 e. The van der Waals surface area contributed by atoms with Crippen molar-refractivity contribution in [1.82, 2.24) is 10.3 Å². The largest absolute Gasteiger partial charge is 0.303 e. The molecule has 0 amide bonds. The minimum Gasteiger partial charge on any atom is -0.303 e. The molecule has 1 fully saturated rings. The van der Waals surface area contributed by atoms with Crippen LogP contribution < -0.4 is 5.32 Å². The van der Waals surface area contributed by atoms with Crippen LogP contribution in [0.25, 0.3) is 0 Å². The van der Waals surface area contributed by atoms with Gasteiger partial charge in [-0.05, 0) is 6.42 Å². The molecule has 5 heteroatoms. The van der Waals surface area contributed by atoms with E-state index in [1.165, 1.54) is 28.0 Å². The summed E-state index contributed by atoms with van der Waals surface area (Å²) in [6.07, 6.45) is 3.03. The van der Waals surface area contributed by atoms with E-state index in [2.05, 4.69) is 46.1 Å². The Morgan fingerprint density at radius 2 is 2.19 bits per heavy atom. The number of aromatic nitrogens is 1. The van der Waals surface area contributed by atoms with Gasteiger partial charge in [0.15, 0.2) is 0 Å². The maximum atomic E-state index is 4.42. The number of rotatable bonds is 4. The Bertz CT molecular complexity index is 281. The Balaban J connectivity index is 1.90. The summed E-state index contributed by atoms with van der Waals surface area (Å²) in [4.78, 5) is 4.42. The van der Waals surface area contributed by atoms with Crippen LogP contribution in [0, 0.1) is 0 Å². The predicted octanol–water partition coefficient (Wildman–Crippen LogP) is 3.03. The molecule has 1 aromatic rings. The van der Waals surface area contributed by atoms with Gasteiger partial charge in [0, 0.05) is 40.6 Å². The van der Waals surface area contributed by atoms with Crippen molar-refractivity contribution in [1.29, 1.82) is 0 Å². The monoisotopic (exact) mass is 274 g/mol. The number of nitrogens with zero attached hydrogens (tertiary/aromatic N) is 1. The van der Waals surface area contributed by atoms with Crippen LogP contribution in [0.15, 0.2) is 11.6 Å². The minimum atomic E-state index is 0.448. The summed E-state index contributed by atoms with van der Waals surface area (Å²) >= 11 is 5.91. The Morgan fingerprint density at radius 1 is 1.44 bits per heavy atom. The zero-order valence-electron chi connectivity index (χ0n) is 9.52. The summed E-state index contributed by atoms with van der Waals surface area (Å²) in [6, 6.07) is 1.09. The van der Waals surface area contributed by atoms with Crippen molar-refractivity contribution < 1.29 is 0 Å². The minimum absolute atomic E-state index is 0.448. The first-order valence-electron chi connectivity index (χ1n) is 5.71. The normalized spacial score (nSPS) is 20.6. The van der Waals surface area contributed by atoms with E-state index in [1.54, 1.807) is 11.3 Å². The van der Waals surface area contributed by atoms with Gasteiger partial charge in [-0.25, -0.2) is 4.98 Å². The fourth-order valence-electron chi connectivity index (χ4n) is 1.77.